The number of hydrogen-bond donors (Lipinski definition) is 0. The minimum Gasteiger partial charge on any atom is -0.423 e. The van der Waals surface area contributed by atoms with Gasteiger partial charge in [-0.15, -0.1) is 0 Å². The molecule has 0 unspecified atom stereocenters. The molecule has 80 valence electrons. The molecule has 1 aromatic rings. The van der Waals surface area contributed by atoms with Crippen molar-refractivity contribution in [1.82, 2.24) is 0 Å². The molecule has 0 aliphatic carbocycles. The maximum absolute atomic E-state index is 11.6. The zero-order valence-electron chi connectivity index (χ0n) is 9.19. The number of carbonyl (C=O) groups excluding carboxylic acids is 1. The van der Waals surface area contributed by atoms with E-state index in [0.29, 0.717) is 11.3 Å². The van der Waals surface area contributed by atoms with E-state index in [-0.39, 0.29) is 16.9 Å². The summed E-state index contributed by atoms with van der Waals surface area (Å²) in [6, 6.07) is 9.10. The smallest absolute Gasteiger partial charge is 0.343 e. The molecule has 0 atom stereocenters. The highest BCUT2D eigenvalue weighted by molar-refractivity contribution is 7.98. The molecule has 0 saturated carbocycles. The van der Waals surface area contributed by atoms with Crippen LogP contribution in [-0.4, -0.2) is 18.5 Å². The molecule has 3 heteroatoms. The van der Waals surface area contributed by atoms with E-state index in [0.717, 1.165) is 0 Å². The summed E-state index contributed by atoms with van der Waals surface area (Å²) in [5.74, 6) is 0.310. The fourth-order valence-electron chi connectivity index (χ4n) is 1.08. The van der Waals surface area contributed by atoms with Gasteiger partial charge in [-0.2, -0.15) is 0 Å². The van der Waals surface area contributed by atoms with Crippen molar-refractivity contribution in [2.24, 2.45) is 0 Å². The first-order valence-electron chi connectivity index (χ1n) is 4.61. The van der Waals surface area contributed by atoms with Gasteiger partial charge in [0.15, 0.2) is 0 Å². The summed E-state index contributed by atoms with van der Waals surface area (Å²) in [5, 5.41) is 1.92. The molecule has 2 nitrogen and oxygen atoms in total. The molecule has 0 aliphatic rings. The lowest BCUT2D eigenvalue weighted by molar-refractivity contribution is -0.130. The first-order chi connectivity index (χ1) is 7.09. The first kappa shape index (κ1) is 11.9. The summed E-state index contributed by atoms with van der Waals surface area (Å²) in [7, 11) is 0.113. The van der Waals surface area contributed by atoms with Crippen LogP contribution in [0, 0.1) is 0 Å². The van der Waals surface area contributed by atoms with Crippen LogP contribution in [0.25, 0.3) is 0 Å². The molecular weight excluding hydrogens is 208 g/mol. The monoisotopic (exact) mass is 223 g/mol. The number of hydrogen-bond acceptors (Lipinski definition) is 2. The number of carbonyl (C=O) groups is 1. The van der Waals surface area contributed by atoms with E-state index in [2.05, 4.69) is 12.5 Å². The quantitative estimate of drug-likeness (QED) is 0.340. The number of benzene rings is 1. The lowest BCUT2D eigenvalue weighted by Crippen LogP contribution is -2.10. The maximum Gasteiger partial charge on any atom is 0.343 e. The Morgan fingerprint density at radius 1 is 1.27 bits per heavy atom. The highest BCUT2D eigenvalue weighted by atomic mass is 32.2. The average molecular weight is 223 g/mol. The molecule has 0 radical (unpaired) electrons. The van der Waals surface area contributed by atoms with Crippen molar-refractivity contribution in [2.75, 3.05) is 12.5 Å². The van der Waals surface area contributed by atoms with Crippen molar-refractivity contribution in [3.63, 3.8) is 0 Å². The van der Waals surface area contributed by atoms with Crippen LogP contribution in [0.2, 0.25) is 0 Å². The van der Waals surface area contributed by atoms with Gasteiger partial charge in [-0.1, -0.05) is 18.2 Å². The Morgan fingerprint density at radius 2 is 1.87 bits per heavy atom. The Kier molecular flexibility index (Phi) is 4.43. The van der Waals surface area contributed by atoms with Gasteiger partial charge in [0.25, 0.3) is 0 Å². The van der Waals surface area contributed by atoms with Gasteiger partial charge in [-0.25, -0.2) is 4.79 Å². The lowest BCUT2D eigenvalue weighted by Gasteiger charge is -2.02. The van der Waals surface area contributed by atoms with Crippen molar-refractivity contribution in [1.29, 1.82) is 0 Å². The lowest BCUT2D eigenvalue weighted by atomic mass is 10.3. The molecule has 0 heterocycles. The van der Waals surface area contributed by atoms with Gasteiger partial charge in [-0.05, 0) is 19.1 Å². The van der Waals surface area contributed by atoms with Crippen molar-refractivity contribution in [3.8, 4) is 5.75 Å². The van der Waals surface area contributed by atoms with Gasteiger partial charge < -0.3 is 4.74 Å². The van der Waals surface area contributed by atoms with Gasteiger partial charge >= 0.3 is 5.97 Å². The molecule has 0 aromatic heterocycles. The highest BCUT2D eigenvalue weighted by Gasteiger charge is 2.10. The van der Waals surface area contributed by atoms with Crippen LogP contribution in [0.4, 0.5) is 0 Å². The zero-order chi connectivity index (χ0) is 11.3. The number of ether oxygens (including phenoxy) is 1. The predicted molar refractivity (Wildman–Crippen MR) is 65.0 cm³/mol. The molecule has 0 fully saturated rings. The van der Waals surface area contributed by atoms with E-state index in [1.165, 1.54) is 0 Å². The Balaban J connectivity index is 2.64. The Hall–Kier alpha value is -1.22. The number of rotatable bonds is 3. The van der Waals surface area contributed by atoms with Crippen molar-refractivity contribution in [3.05, 3.63) is 41.3 Å². The third-order valence-corrected chi connectivity index (χ3v) is 2.51. The summed E-state index contributed by atoms with van der Waals surface area (Å²) in [6.45, 7) is 1.78. The van der Waals surface area contributed by atoms with Crippen molar-refractivity contribution < 1.29 is 9.53 Å². The molecule has 0 spiro atoms. The summed E-state index contributed by atoms with van der Waals surface area (Å²) >= 11 is 0. The van der Waals surface area contributed by atoms with Crippen LogP contribution in [0.1, 0.15) is 6.92 Å². The molecule has 1 aromatic carbocycles. The third kappa shape index (κ3) is 4.21. The standard InChI is InChI=1S/C12H15O2S/c1-10(9-15(2)3)12(13)14-11-7-5-4-6-8-11/h4-9H,1-3H3/q+1. The van der Waals surface area contributed by atoms with E-state index < -0.39 is 0 Å². The summed E-state index contributed by atoms with van der Waals surface area (Å²) in [4.78, 5) is 11.6. The topological polar surface area (TPSA) is 26.3 Å². The summed E-state index contributed by atoms with van der Waals surface area (Å²) in [5.41, 5.74) is 0.659. The van der Waals surface area contributed by atoms with Crippen LogP contribution in [0.5, 0.6) is 5.75 Å². The van der Waals surface area contributed by atoms with Gasteiger partial charge in [0.05, 0.1) is 5.57 Å². The maximum atomic E-state index is 11.6. The van der Waals surface area contributed by atoms with Crippen LogP contribution >= 0.6 is 0 Å². The predicted octanol–water partition coefficient (Wildman–Crippen LogP) is 2.37. The van der Waals surface area contributed by atoms with Crippen LogP contribution < -0.4 is 4.74 Å². The summed E-state index contributed by atoms with van der Waals surface area (Å²) < 4.78 is 5.17. The van der Waals surface area contributed by atoms with E-state index >= 15 is 0 Å². The summed E-state index contributed by atoms with van der Waals surface area (Å²) in [6.07, 6.45) is 4.11. The van der Waals surface area contributed by atoms with E-state index in [9.17, 15) is 4.79 Å². The molecule has 15 heavy (non-hydrogen) atoms. The third-order valence-electron chi connectivity index (χ3n) is 1.69. The van der Waals surface area contributed by atoms with Gasteiger partial charge in [0.1, 0.15) is 23.7 Å². The largest absolute Gasteiger partial charge is 0.423 e. The Morgan fingerprint density at radius 3 is 2.40 bits per heavy atom. The highest BCUT2D eigenvalue weighted by Crippen LogP contribution is 2.11. The second-order valence-corrected chi connectivity index (χ2v) is 5.38. The molecule has 0 saturated heterocycles. The van der Waals surface area contributed by atoms with Gasteiger partial charge in [0.2, 0.25) is 0 Å². The zero-order valence-corrected chi connectivity index (χ0v) is 10.0. The van der Waals surface area contributed by atoms with Gasteiger partial charge in [-0.3, -0.25) is 0 Å². The fourth-order valence-corrected chi connectivity index (χ4v) is 1.88. The normalized spacial score (nSPS) is 11.6. The van der Waals surface area contributed by atoms with Crippen molar-refractivity contribution >= 4 is 16.9 Å². The minimum absolute atomic E-state index is 0.113. The van der Waals surface area contributed by atoms with E-state index in [1.807, 2.05) is 23.6 Å². The van der Waals surface area contributed by atoms with Gasteiger partial charge in [0, 0.05) is 10.9 Å². The molecular formula is C12H15O2S+. The molecule has 1 rings (SSSR count). The van der Waals surface area contributed by atoms with E-state index in [4.69, 9.17) is 4.74 Å². The fraction of sp³-hybridized carbons (Fsp3) is 0.250. The molecule has 0 N–H and O–H groups in total. The van der Waals surface area contributed by atoms with Crippen LogP contribution in [-0.2, 0) is 15.7 Å². The molecule has 0 bridgehead atoms. The average Bonchev–Trinajstić information content (AvgIpc) is 2.18. The van der Waals surface area contributed by atoms with E-state index in [1.54, 1.807) is 19.1 Å². The molecule has 0 aliphatic heterocycles. The minimum atomic E-state index is -0.276. The second kappa shape index (κ2) is 5.61. The van der Waals surface area contributed by atoms with Crippen molar-refractivity contribution in [2.45, 2.75) is 6.92 Å². The number of esters is 1. The number of para-hydroxylation sites is 1. The Bertz CT molecular complexity index is 355. The molecule has 0 amide bonds. The SMILES string of the molecule is CC(=C[S+](C)C)C(=O)Oc1ccccc1. The second-order valence-electron chi connectivity index (χ2n) is 3.38. The van der Waals surface area contributed by atoms with Crippen LogP contribution in [0.3, 0.4) is 0 Å². The Labute approximate surface area is 93.3 Å². The first-order valence-corrected chi connectivity index (χ1v) is 6.72. The van der Waals surface area contributed by atoms with Crippen LogP contribution in [0.15, 0.2) is 41.3 Å².